The van der Waals surface area contributed by atoms with E-state index in [1.54, 1.807) is 0 Å². The third-order valence-electron chi connectivity index (χ3n) is 3.07. The molecule has 6 heteroatoms. The van der Waals surface area contributed by atoms with Crippen molar-refractivity contribution >= 4 is 12.2 Å². The highest BCUT2D eigenvalue weighted by Gasteiger charge is 2.39. The van der Waals surface area contributed by atoms with Gasteiger partial charge in [-0.15, -0.1) is 0 Å². The third kappa shape index (κ3) is 3.27. The van der Waals surface area contributed by atoms with Gasteiger partial charge in [0.2, 0.25) is 0 Å². The second kappa shape index (κ2) is 4.66. The summed E-state index contributed by atoms with van der Waals surface area (Å²) < 4.78 is 10.3. The molecule has 18 heavy (non-hydrogen) atoms. The second-order valence-corrected chi connectivity index (χ2v) is 5.85. The summed E-state index contributed by atoms with van der Waals surface area (Å²) in [5.74, 6) is 0. The zero-order valence-electron chi connectivity index (χ0n) is 11.0. The normalized spacial score (nSPS) is 31.1. The number of hydrogen-bond acceptors (Lipinski definition) is 4. The zero-order chi connectivity index (χ0) is 13.3. The summed E-state index contributed by atoms with van der Waals surface area (Å²) in [6.07, 6.45) is 1.38. The summed E-state index contributed by atoms with van der Waals surface area (Å²) in [7, 11) is 0. The average Bonchev–Trinajstić information content (AvgIpc) is 2.53. The summed E-state index contributed by atoms with van der Waals surface area (Å²) in [6, 6.07) is 0.1000. The molecule has 0 bridgehead atoms. The van der Waals surface area contributed by atoms with Crippen LogP contribution in [0.4, 0.5) is 9.59 Å². The van der Waals surface area contributed by atoms with E-state index in [-0.39, 0.29) is 24.3 Å². The van der Waals surface area contributed by atoms with Crippen LogP contribution < -0.4 is 10.6 Å². The molecule has 2 aliphatic rings. The Morgan fingerprint density at radius 3 is 2.83 bits per heavy atom. The first-order valence-corrected chi connectivity index (χ1v) is 6.30. The molecule has 1 aliphatic carbocycles. The predicted molar refractivity (Wildman–Crippen MR) is 64.2 cm³/mol. The van der Waals surface area contributed by atoms with Crippen molar-refractivity contribution < 1.29 is 19.1 Å². The van der Waals surface area contributed by atoms with E-state index in [1.165, 1.54) is 0 Å². The van der Waals surface area contributed by atoms with Crippen molar-refractivity contribution in [3.63, 3.8) is 0 Å². The monoisotopic (exact) mass is 256 g/mol. The summed E-state index contributed by atoms with van der Waals surface area (Å²) in [5, 5.41) is 5.59. The van der Waals surface area contributed by atoms with E-state index in [0.717, 1.165) is 12.8 Å². The van der Waals surface area contributed by atoms with Gasteiger partial charge in [0.05, 0.1) is 6.04 Å². The Morgan fingerprint density at radius 1 is 1.44 bits per heavy atom. The fraction of sp³-hybridized carbons (Fsp3) is 0.833. The Morgan fingerprint density at radius 2 is 2.17 bits per heavy atom. The van der Waals surface area contributed by atoms with Gasteiger partial charge in [-0.1, -0.05) is 0 Å². The molecule has 2 N–H and O–H groups in total. The number of carbonyl (C=O) groups is 2. The van der Waals surface area contributed by atoms with Gasteiger partial charge in [-0.3, -0.25) is 0 Å². The topological polar surface area (TPSA) is 76.7 Å². The van der Waals surface area contributed by atoms with Crippen LogP contribution in [0.25, 0.3) is 0 Å². The van der Waals surface area contributed by atoms with Crippen LogP contribution in [-0.4, -0.2) is 36.0 Å². The number of ether oxygens (including phenoxy) is 2. The van der Waals surface area contributed by atoms with Crippen LogP contribution in [-0.2, 0) is 9.47 Å². The number of amides is 2. The Bertz CT molecular complexity index is 350. The largest absolute Gasteiger partial charge is 0.444 e. The van der Waals surface area contributed by atoms with Gasteiger partial charge in [-0.2, -0.15) is 0 Å². The SMILES string of the molecule is CC(C)(C)OC(=O)N[C@@H]1CC[C@H]2NC(=O)O[C@H]2C1. The maximum Gasteiger partial charge on any atom is 0.407 e. The minimum atomic E-state index is -0.497. The Hall–Kier alpha value is -1.46. The van der Waals surface area contributed by atoms with Crippen LogP contribution in [0.5, 0.6) is 0 Å². The van der Waals surface area contributed by atoms with Crippen molar-refractivity contribution in [2.75, 3.05) is 0 Å². The molecular formula is C12H20N2O4. The number of rotatable bonds is 1. The molecule has 1 saturated heterocycles. The van der Waals surface area contributed by atoms with Gasteiger partial charge in [0.25, 0.3) is 0 Å². The van der Waals surface area contributed by atoms with E-state index in [0.29, 0.717) is 6.42 Å². The van der Waals surface area contributed by atoms with E-state index >= 15 is 0 Å². The molecule has 1 heterocycles. The van der Waals surface area contributed by atoms with Gasteiger partial charge < -0.3 is 20.1 Å². The van der Waals surface area contributed by atoms with E-state index in [4.69, 9.17) is 9.47 Å². The van der Waals surface area contributed by atoms with Crippen LogP contribution in [0, 0.1) is 0 Å². The summed E-state index contributed by atoms with van der Waals surface area (Å²) >= 11 is 0. The lowest BCUT2D eigenvalue weighted by Crippen LogP contribution is -2.47. The summed E-state index contributed by atoms with van der Waals surface area (Å²) in [6.45, 7) is 5.48. The first-order chi connectivity index (χ1) is 8.33. The van der Waals surface area contributed by atoms with Crippen molar-refractivity contribution in [1.82, 2.24) is 10.6 Å². The van der Waals surface area contributed by atoms with Gasteiger partial charge in [0.15, 0.2) is 0 Å². The molecule has 2 rings (SSSR count). The van der Waals surface area contributed by atoms with Crippen LogP contribution >= 0.6 is 0 Å². The molecule has 1 saturated carbocycles. The van der Waals surface area contributed by atoms with Crippen LogP contribution in [0.1, 0.15) is 40.0 Å². The second-order valence-electron chi connectivity index (χ2n) is 5.85. The van der Waals surface area contributed by atoms with Crippen LogP contribution in [0.2, 0.25) is 0 Å². The van der Waals surface area contributed by atoms with Crippen molar-refractivity contribution in [2.45, 2.75) is 63.8 Å². The van der Waals surface area contributed by atoms with Gasteiger partial charge in [0, 0.05) is 12.5 Å². The van der Waals surface area contributed by atoms with Gasteiger partial charge >= 0.3 is 12.2 Å². The van der Waals surface area contributed by atoms with E-state index in [2.05, 4.69) is 10.6 Å². The number of hydrogen-bond donors (Lipinski definition) is 2. The van der Waals surface area contributed by atoms with Crippen molar-refractivity contribution in [2.24, 2.45) is 0 Å². The lowest BCUT2D eigenvalue weighted by atomic mass is 9.89. The Balaban J connectivity index is 1.81. The molecule has 2 amide bonds. The minimum Gasteiger partial charge on any atom is -0.444 e. The maximum absolute atomic E-state index is 11.6. The number of carbonyl (C=O) groups excluding carboxylic acids is 2. The van der Waals surface area contributed by atoms with Crippen molar-refractivity contribution in [3.05, 3.63) is 0 Å². The minimum absolute atomic E-state index is 0.00815. The molecule has 6 nitrogen and oxygen atoms in total. The predicted octanol–water partition coefficient (Wildman–Crippen LogP) is 1.54. The average molecular weight is 256 g/mol. The standard InChI is InChI=1S/C12H20N2O4/c1-12(2,3)18-11(16)13-7-4-5-8-9(6-7)17-10(15)14-8/h7-9H,4-6H2,1-3H3,(H,13,16)(H,14,15)/t7-,8-,9+/m1/s1. The molecule has 102 valence electrons. The van der Waals surface area contributed by atoms with Crippen molar-refractivity contribution in [3.8, 4) is 0 Å². The zero-order valence-corrected chi connectivity index (χ0v) is 11.0. The highest BCUT2D eigenvalue weighted by molar-refractivity contribution is 5.70. The first kappa shape index (κ1) is 13.0. The molecule has 0 radical (unpaired) electrons. The first-order valence-electron chi connectivity index (χ1n) is 6.30. The molecule has 0 aromatic heterocycles. The van der Waals surface area contributed by atoms with Gasteiger partial charge in [-0.05, 0) is 33.6 Å². The molecule has 3 atom stereocenters. The maximum atomic E-state index is 11.6. The molecule has 2 fully saturated rings. The lowest BCUT2D eigenvalue weighted by Gasteiger charge is -2.30. The summed E-state index contributed by atoms with van der Waals surface area (Å²) in [4.78, 5) is 22.7. The fourth-order valence-corrected chi connectivity index (χ4v) is 2.35. The molecule has 0 aromatic carbocycles. The number of alkyl carbamates (subject to hydrolysis) is 2. The van der Waals surface area contributed by atoms with Crippen LogP contribution in [0.3, 0.4) is 0 Å². The highest BCUT2D eigenvalue weighted by Crippen LogP contribution is 2.26. The van der Waals surface area contributed by atoms with Crippen molar-refractivity contribution in [1.29, 1.82) is 0 Å². The molecule has 0 spiro atoms. The number of nitrogens with one attached hydrogen (secondary N) is 2. The molecule has 0 unspecified atom stereocenters. The quantitative estimate of drug-likeness (QED) is 0.746. The van der Waals surface area contributed by atoms with E-state index in [1.807, 2.05) is 20.8 Å². The van der Waals surface area contributed by atoms with Crippen LogP contribution in [0.15, 0.2) is 0 Å². The van der Waals surface area contributed by atoms with Gasteiger partial charge in [0.1, 0.15) is 11.7 Å². The van der Waals surface area contributed by atoms with E-state index < -0.39 is 11.7 Å². The smallest absolute Gasteiger partial charge is 0.407 e. The molecule has 1 aliphatic heterocycles. The Kier molecular flexibility index (Phi) is 3.36. The molecule has 0 aromatic rings. The third-order valence-corrected chi connectivity index (χ3v) is 3.07. The number of fused-ring (bicyclic) bond motifs is 1. The fourth-order valence-electron chi connectivity index (χ4n) is 2.35. The summed E-state index contributed by atoms with van der Waals surface area (Å²) in [5.41, 5.74) is -0.497. The Labute approximate surface area is 106 Å². The molecular weight excluding hydrogens is 236 g/mol. The lowest BCUT2D eigenvalue weighted by molar-refractivity contribution is 0.0453. The van der Waals surface area contributed by atoms with Gasteiger partial charge in [-0.25, -0.2) is 9.59 Å². The highest BCUT2D eigenvalue weighted by atomic mass is 16.6. The van der Waals surface area contributed by atoms with E-state index in [9.17, 15) is 9.59 Å².